The van der Waals surface area contributed by atoms with Gasteiger partial charge in [-0.25, -0.2) is 9.97 Å². The van der Waals surface area contributed by atoms with Crippen LogP contribution < -0.4 is 14.2 Å². The van der Waals surface area contributed by atoms with E-state index in [9.17, 15) is 4.79 Å². The van der Waals surface area contributed by atoms with Crippen LogP contribution in [0.15, 0.2) is 36.7 Å². The van der Waals surface area contributed by atoms with Crippen LogP contribution in [0.2, 0.25) is 0 Å². The molecule has 1 saturated heterocycles. The number of nitrogens with zero attached hydrogens (tertiary/aromatic N) is 3. The van der Waals surface area contributed by atoms with Crippen LogP contribution in [-0.2, 0) is 0 Å². The number of methoxy groups -OCH3 is 2. The molecule has 0 spiro atoms. The first-order valence-electron chi connectivity index (χ1n) is 9.15. The largest absolute Gasteiger partial charge is 0.497 e. The van der Waals surface area contributed by atoms with Crippen LogP contribution in [-0.4, -0.2) is 53.7 Å². The van der Waals surface area contributed by atoms with Crippen molar-refractivity contribution < 1.29 is 19.0 Å². The molecule has 7 heteroatoms. The first-order valence-corrected chi connectivity index (χ1v) is 9.15. The van der Waals surface area contributed by atoms with E-state index in [4.69, 9.17) is 14.2 Å². The molecule has 1 amide bonds. The lowest BCUT2D eigenvalue weighted by Gasteiger charge is -2.35. The normalized spacial score (nSPS) is 23.3. The van der Waals surface area contributed by atoms with Crippen molar-refractivity contribution in [3.8, 4) is 17.5 Å². The maximum Gasteiger partial charge on any atom is 0.316 e. The summed E-state index contributed by atoms with van der Waals surface area (Å²) in [5.41, 5.74) is 0.481. The van der Waals surface area contributed by atoms with Gasteiger partial charge in [0.2, 0.25) is 0 Å². The molecule has 142 valence electrons. The van der Waals surface area contributed by atoms with Gasteiger partial charge in [-0.2, -0.15) is 0 Å². The Morgan fingerprint density at radius 3 is 2.67 bits per heavy atom. The maximum atomic E-state index is 13.1. The van der Waals surface area contributed by atoms with Gasteiger partial charge in [0.1, 0.15) is 18.1 Å². The Labute approximate surface area is 158 Å². The van der Waals surface area contributed by atoms with E-state index in [1.165, 1.54) is 19.5 Å². The van der Waals surface area contributed by atoms with E-state index < -0.39 is 0 Å². The predicted molar refractivity (Wildman–Crippen MR) is 98.2 cm³/mol. The van der Waals surface area contributed by atoms with Crippen LogP contribution in [0.3, 0.4) is 0 Å². The molecule has 2 aliphatic rings. The lowest BCUT2D eigenvalue weighted by atomic mass is 9.99. The summed E-state index contributed by atoms with van der Waals surface area (Å²) in [6, 6.07) is 8.12. The van der Waals surface area contributed by atoms with Crippen molar-refractivity contribution in [1.29, 1.82) is 0 Å². The third-order valence-electron chi connectivity index (χ3n) is 5.49. The lowest BCUT2D eigenvalue weighted by molar-refractivity contribution is 0.0504. The highest BCUT2D eigenvalue weighted by atomic mass is 16.5. The molecular formula is C20H23N3O4. The van der Waals surface area contributed by atoms with Gasteiger partial charge in [0, 0.05) is 24.5 Å². The Kier molecular flexibility index (Phi) is 4.83. The average molecular weight is 369 g/mol. The molecule has 0 unspecified atom stereocenters. The van der Waals surface area contributed by atoms with Crippen molar-refractivity contribution in [2.24, 2.45) is 5.92 Å². The molecule has 1 aromatic carbocycles. The van der Waals surface area contributed by atoms with Crippen molar-refractivity contribution in [3.63, 3.8) is 0 Å². The quantitative estimate of drug-likeness (QED) is 0.779. The molecule has 0 radical (unpaired) electrons. The topological polar surface area (TPSA) is 73.8 Å². The summed E-state index contributed by atoms with van der Waals surface area (Å²) in [5.74, 6) is 1.94. The molecule has 2 aromatic rings. The fraction of sp³-hybridized carbons (Fsp3) is 0.450. The van der Waals surface area contributed by atoms with E-state index in [-0.39, 0.29) is 24.0 Å². The summed E-state index contributed by atoms with van der Waals surface area (Å²) in [6.45, 7) is 0.469. The zero-order chi connectivity index (χ0) is 18.8. The van der Waals surface area contributed by atoms with E-state index in [1.807, 2.05) is 29.2 Å². The monoisotopic (exact) mass is 369 g/mol. The second-order valence-corrected chi connectivity index (χ2v) is 6.96. The van der Waals surface area contributed by atoms with E-state index in [0.29, 0.717) is 18.1 Å². The number of carbonyl (C=O) groups is 1. The number of hydrogen-bond donors (Lipinski definition) is 0. The zero-order valence-corrected chi connectivity index (χ0v) is 15.5. The predicted octanol–water partition coefficient (Wildman–Crippen LogP) is 2.57. The summed E-state index contributed by atoms with van der Waals surface area (Å²) in [4.78, 5) is 23.2. The highest BCUT2D eigenvalue weighted by molar-refractivity contribution is 5.94. The zero-order valence-electron chi connectivity index (χ0n) is 15.5. The van der Waals surface area contributed by atoms with Crippen molar-refractivity contribution >= 4 is 5.91 Å². The third-order valence-corrected chi connectivity index (χ3v) is 5.49. The number of aromatic nitrogens is 2. The second-order valence-electron chi connectivity index (χ2n) is 6.96. The van der Waals surface area contributed by atoms with Crippen molar-refractivity contribution in [1.82, 2.24) is 14.9 Å². The molecule has 2 bridgehead atoms. The van der Waals surface area contributed by atoms with E-state index >= 15 is 0 Å². The summed E-state index contributed by atoms with van der Waals surface area (Å²) in [6.07, 6.45) is 6.28. The van der Waals surface area contributed by atoms with Gasteiger partial charge in [0.05, 0.1) is 25.8 Å². The first kappa shape index (κ1) is 17.6. The summed E-state index contributed by atoms with van der Waals surface area (Å²) in [7, 11) is 3.13. The highest BCUT2D eigenvalue weighted by Gasteiger charge is 2.48. The number of rotatable bonds is 6. The van der Waals surface area contributed by atoms with Gasteiger partial charge in [0.25, 0.3) is 5.91 Å². The summed E-state index contributed by atoms with van der Waals surface area (Å²) < 4.78 is 16.2. The molecule has 7 nitrogen and oxygen atoms in total. The van der Waals surface area contributed by atoms with Crippen LogP contribution in [0.5, 0.6) is 17.5 Å². The van der Waals surface area contributed by atoms with Crippen LogP contribution in [0, 0.1) is 5.92 Å². The third kappa shape index (κ3) is 3.41. The minimum Gasteiger partial charge on any atom is -0.497 e. The number of piperidine rings is 1. The molecule has 3 atom stereocenters. The Balaban J connectivity index is 1.49. The Morgan fingerprint density at radius 1 is 1.15 bits per heavy atom. The molecule has 2 heterocycles. The molecular weight excluding hydrogens is 346 g/mol. The molecule has 1 aliphatic carbocycles. The van der Waals surface area contributed by atoms with E-state index in [0.717, 1.165) is 30.8 Å². The van der Waals surface area contributed by atoms with Gasteiger partial charge in [0.15, 0.2) is 0 Å². The van der Waals surface area contributed by atoms with Gasteiger partial charge in [-0.05, 0) is 37.3 Å². The molecule has 1 aliphatic heterocycles. The fourth-order valence-corrected chi connectivity index (χ4v) is 4.18. The minimum atomic E-state index is -0.0379. The first-order chi connectivity index (χ1) is 13.2. The molecule has 4 rings (SSSR count). The minimum absolute atomic E-state index is 0.0379. The Hall–Kier alpha value is -2.83. The molecule has 27 heavy (non-hydrogen) atoms. The number of hydrogen-bond acceptors (Lipinski definition) is 6. The Morgan fingerprint density at radius 2 is 1.93 bits per heavy atom. The average Bonchev–Trinajstić information content (AvgIpc) is 3.33. The summed E-state index contributed by atoms with van der Waals surface area (Å²) in [5, 5.41) is 0. The molecule has 1 saturated carbocycles. The summed E-state index contributed by atoms with van der Waals surface area (Å²) >= 11 is 0. The van der Waals surface area contributed by atoms with Crippen LogP contribution in [0.25, 0.3) is 0 Å². The number of ether oxygens (including phenoxy) is 3. The number of fused-ring (bicyclic) bond motifs is 2. The van der Waals surface area contributed by atoms with Gasteiger partial charge in [-0.1, -0.05) is 6.07 Å². The van der Waals surface area contributed by atoms with Crippen molar-refractivity contribution in [2.45, 2.75) is 31.3 Å². The molecule has 2 fully saturated rings. The standard InChI is InChI=1S/C20H23N3O4/c1-25-16-4-3-5-17(9-16)27-12-18-13-6-7-15(8-13)23(18)19(24)14-10-21-20(26-2)22-11-14/h3-5,9-11,13,15,18H,6-8,12H2,1-2H3/t13-,15-,18+/m0/s1. The smallest absolute Gasteiger partial charge is 0.316 e. The second kappa shape index (κ2) is 7.42. The number of carbonyl (C=O) groups excluding carboxylic acids is 1. The number of benzene rings is 1. The Bertz CT molecular complexity index is 811. The molecule has 0 N–H and O–H groups in total. The van der Waals surface area contributed by atoms with Crippen molar-refractivity contribution in [2.75, 3.05) is 20.8 Å². The van der Waals surface area contributed by atoms with Crippen LogP contribution >= 0.6 is 0 Å². The van der Waals surface area contributed by atoms with E-state index in [1.54, 1.807) is 7.11 Å². The van der Waals surface area contributed by atoms with E-state index in [2.05, 4.69) is 9.97 Å². The lowest BCUT2D eigenvalue weighted by Crippen LogP contribution is -2.47. The molecule has 1 aromatic heterocycles. The van der Waals surface area contributed by atoms with Crippen LogP contribution in [0.1, 0.15) is 29.6 Å². The van der Waals surface area contributed by atoms with Crippen LogP contribution in [0.4, 0.5) is 0 Å². The van der Waals surface area contributed by atoms with Gasteiger partial charge in [-0.15, -0.1) is 0 Å². The number of likely N-dealkylation sites (tertiary alicyclic amines) is 1. The van der Waals surface area contributed by atoms with Gasteiger partial charge in [-0.3, -0.25) is 4.79 Å². The SMILES string of the molecule is COc1cccc(OC[C@@H]2[C@H]3CC[C@@H](C3)N2C(=O)c2cnc(OC)nc2)c1. The maximum absolute atomic E-state index is 13.1. The highest BCUT2D eigenvalue weighted by Crippen LogP contribution is 2.43. The number of amides is 1. The fourth-order valence-electron chi connectivity index (χ4n) is 4.18. The van der Waals surface area contributed by atoms with Gasteiger partial charge >= 0.3 is 6.01 Å². The van der Waals surface area contributed by atoms with Gasteiger partial charge < -0.3 is 19.1 Å². The van der Waals surface area contributed by atoms with Crippen molar-refractivity contribution in [3.05, 3.63) is 42.2 Å².